The molecule has 4 heteroatoms. The van der Waals surface area contributed by atoms with E-state index < -0.39 is 0 Å². The molecule has 0 atom stereocenters. The van der Waals surface area contributed by atoms with Gasteiger partial charge in [0, 0.05) is 33.6 Å². The molecule has 0 fully saturated rings. The first-order chi connectivity index (χ1) is 1.00. The summed E-state index contributed by atoms with van der Waals surface area (Å²) in [7, 11) is 3.71. The molecule has 0 unspecified atom stereocenters. The zero-order chi connectivity index (χ0) is 2.00. The molecule has 0 aromatic heterocycles. The molecule has 0 aliphatic carbocycles. The Bertz CT molecular complexity index is 6.00. The summed E-state index contributed by atoms with van der Waals surface area (Å²) in [5.74, 6) is 0. The van der Waals surface area contributed by atoms with Crippen molar-refractivity contribution < 1.29 is 47.4 Å². The van der Waals surface area contributed by atoms with Crippen LogP contribution in [0.2, 0.25) is 0 Å². The number of hydrogen-bond donors (Lipinski definition) is 0. The van der Waals surface area contributed by atoms with Crippen LogP contribution < -0.4 is 0 Å². The van der Waals surface area contributed by atoms with Crippen molar-refractivity contribution in [1.29, 1.82) is 0 Å². The third-order valence-electron chi connectivity index (χ3n) is 0. The first kappa shape index (κ1) is 17.2. The molecular formula is CuNi2S. The molecule has 0 bridgehead atoms. The van der Waals surface area contributed by atoms with E-state index in [9.17, 15) is 0 Å². The second-order valence-electron chi connectivity index (χ2n) is 0. The molecule has 0 aliphatic rings. The van der Waals surface area contributed by atoms with E-state index in [0.29, 0.717) is 0 Å². The standard InChI is InChI=1S/Cu.2Ni.S. The van der Waals surface area contributed by atoms with Crippen LogP contribution in [0.25, 0.3) is 0 Å². The molecule has 0 amide bonds. The van der Waals surface area contributed by atoms with Crippen molar-refractivity contribution in [1.82, 2.24) is 0 Å². The van der Waals surface area contributed by atoms with E-state index in [0.717, 1.165) is 0 Å². The third kappa shape index (κ3) is 9.29. The average molecular weight is 213 g/mol. The van der Waals surface area contributed by atoms with Crippen molar-refractivity contribution in [2.75, 3.05) is 0 Å². The van der Waals surface area contributed by atoms with Crippen LogP contribution in [0, 0.1) is 0 Å². The SMILES string of the molecule is [Cu].[Ni].[S]=[Ni]. The molecule has 0 rings (SSSR count). The van der Waals surface area contributed by atoms with Crippen LogP contribution in [0.15, 0.2) is 0 Å². The van der Waals surface area contributed by atoms with E-state index in [1.807, 2.05) is 0 Å². The van der Waals surface area contributed by atoms with E-state index in [1.165, 1.54) is 0 Å². The van der Waals surface area contributed by atoms with E-state index >= 15 is 0 Å². The summed E-state index contributed by atoms with van der Waals surface area (Å²) in [4.78, 5) is 0. The third-order valence-corrected chi connectivity index (χ3v) is 0. The van der Waals surface area contributed by atoms with Crippen molar-refractivity contribution in [2.45, 2.75) is 0 Å². The monoisotopic (exact) mass is 211 g/mol. The predicted octanol–water partition coefficient (Wildman–Crippen LogP) is 0.641. The summed E-state index contributed by atoms with van der Waals surface area (Å²) in [5, 5.41) is 0. The van der Waals surface area contributed by atoms with Crippen LogP contribution in [0.1, 0.15) is 0 Å². The van der Waals surface area contributed by atoms with E-state index in [1.54, 1.807) is 0 Å². The van der Waals surface area contributed by atoms with Gasteiger partial charge in [-0.2, -0.15) is 0 Å². The zero-order valence-electron chi connectivity index (χ0n) is 1.34. The van der Waals surface area contributed by atoms with Gasteiger partial charge in [-0.3, -0.25) is 0 Å². The van der Waals surface area contributed by atoms with Crippen molar-refractivity contribution in [3.63, 3.8) is 0 Å². The molecule has 0 aliphatic heterocycles. The molecule has 0 aromatic carbocycles. The van der Waals surface area contributed by atoms with E-state index in [2.05, 4.69) is 24.5 Å². The first-order valence-corrected chi connectivity index (χ1v) is 1.60. The molecule has 0 heterocycles. The van der Waals surface area contributed by atoms with Crippen LogP contribution >= 0.6 is 10.7 Å². The van der Waals surface area contributed by atoms with Gasteiger partial charge in [-0.1, -0.05) is 0 Å². The molecule has 0 saturated heterocycles. The fraction of sp³-hybridized carbons (Fsp3) is 0. The Morgan fingerprint density at radius 3 is 1.25 bits per heavy atom. The van der Waals surface area contributed by atoms with Crippen LogP contribution in [-0.4, -0.2) is 0 Å². The Labute approximate surface area is 57.8 Å². The number of hydrogen-bond acceptors (Lipinski definition) is 1. The van der Waals surface area contributed by atoms with Crippen LogP contribution in [0.3, 0.4) is 0 Å². The van der Waals surface area contributed by atoms with Gasteiger partial charge in [-0.05, 0) is 0 Å². The zero-order valence-corrected chi connectivity index (χ0v) is 5.08. The van der Waals surface area contributed by atoms with E-state index in [4.69, 9.17) is 0 Å². The van der Waals surface area contributed by atoms with Gasteiger partial charge < -0.3 is 0 Å². The minimum absolute atomic E-state index is 0. The van der Waals surface area contributed by atoms with Crippen molar-refractivity contribution >= 4 is 10.7 Å². The van der Waals surface area contributed by atoms with Gasteiger partial charge in [0.1, 0.15) is 0 Å². The van der Waals surface area contributed by atoms with Crippen molar-refractivity contribution in [3.8, 4) is 0 Å². The van der Waals surface area contributed by atoms with Gasteiger partial charge >= 0.3 is 24.5 Å². The molecule has 0 N–H and O–H groups in total. The minimum atomic E-state index is 0. The summed E-state index contributed by atoms with van der Waals surface area (Å²) in [5.41, 5.74) is 0. The second kappa shape index (κ2) is 22.0. The predicted molar refractivity (Wildman–Crippen MR) is 7.59 cm³/mol. The summed E-state index contributed by atoms with van der Waals surface area (Å²) >= 11 is 3.46. The van der Waals surface area contributed by atoms with Crippen molar-refractivity contribution in [2.24, 2.45) is 0 Å². The summed E-state index contributed by atoms with van der Waals surface area (Å²) < 4.78 is 0. The fourth-order valence-corrected chi connectivity index (χ4v) is 0. The second-order valence-corrected chi connectivity index (χ2v) is 0. The molecule has 4 heavy (non-hydrogen) atoms. The summed E-state index contributed by atoms with van der Waals surface area (Å²) in [6.07, 6.45) is 0. The van der Waals surface area contributed by atoms with Gasteiger partial charge in [-0.15, -0.1) is 0 Å². The van der Waals surface area contributed by atoms with Crippen LogP contribution in [0.5, 0.6) is 0 Å². The molecule has 0 aromatic rings. The maximum atomic E-state index is 3.71. The molecule has 0 spiro atoms. The van der Waals surface area contributed by atoms with Crippen LogP contribution in [0.4, 0.5) is 0 Å². The van der Waals surface area contributed by atoms with Crippen molar-refractivity contribution in [3.05, 3.63) is 0 Å². The Kier molecular flexibility index (Phi) is 94.7. The Morgan fingerprint density at radius 1 is 1.25 bits per heavy atom. The summed E-state index contributed by atoms with van der Waals surface area (Å²) in [6.45, 7) is 0. The maximum absolute atomic E-state index is 3.71. The van der Waals surface area contributed by atoms with Gasteiger partial charge in [-0.25, -0.2) is 0 Å². The Morgan fingerprint density at radius 2 is 1.25 bits per heavy atom. The van der Waals surface area contributed by atoms with Gasteiger partial charge in [0.25, 0.3) is 0 Å². The van der Waals surface area contributed by atoms with Gasteiger partial charge in [0.05, 0.1) is 0 Å². The van der Waals surface area contributed by atoms with Gasteiger partial charge in [0.2, 0.25) is 0 Å². The molecule has 37 valence electrons. The topological polar surface area (TPSA) is 0 Å². The Hall–Kier alpha value is 1.73. The summed E-state index contributed by atoms with van der Waals surface area (Å²) in [6, 6.07) is 0. The van der Waals surface area contributed by atoms with Gasteiger partial charge in [0.15, 0.2) is 0 Å². The molecule has 1 radical (unpaired) electrons. The quantitative estimate of drug-likeness (QED) is 0.532. The fourth-order valence-electron chi connectivity index (χ4n) is 0. The molecular weight excluding hydrogens is 213 g/mol. The first-order valence-electron chi connectivity index (χ1n) is 0.129. The molecule has 0 nitrogen and oxygen atoms in total. The van der Waals surface area contributed by atoms with Crippen LogP contribution in [-0.2, 0) is 47.4 Å². The average Bonchev–Trinajstić information content (AvgIpc) is 1.00. The number of rotatable bonds is 0. The Balaban J connectivity index is -0.00000000500. The van der Waals surface area contributed by atoms with E-state index in [-0.39, 0.29) is 33.6 Å². The molecule has 0 saturated carbocycles. The normalized spacial score (nSPS) is 1.50.